The third-order valence-corrected chi connectivity index (χ3v) is 7.14. The topological polar surface area (TPSA) is 111 Å². The number of hydrogen-bond donors (Lipinski definition) is 2. The van der Waals surface area contributed by atoms with Crippen LogP contribution in [0.4, 0.5) is 0 Å². The number of nitrogens with zero attached hydrogens (tertiary/aromatic N) is 4. The quantitative estimate of drug-likeness (QED) is 0.544. The second kappa shape index (κ2) is 8.57. The van der Waals surface area contributed by atoms with Gasteiger partial charge < -0.3 is 19.8 Å². The van der Waals surface area contributed by atoms with Crippen molar-refractivity contribution in [1.29, 1.82) is 0 Å². The normalized spacial score (nSPS) is 22.0. The van der Waals surface area contributed by atoms with Crippen LogP contribution in [0.1, 0.15) is 37.8 Å². The van der Waals surface area contributed by atoms with Crippen LogP contribution < -0.4 is 5.32 Å². The van der Waals surface area contributed by atoms with E-state index in [0.29, 0.717) is 44.4 Å². The molecule has 2 aliphatic rings. The number of piperazine rings is 1. The van der Waals surface area contributed by atoms with Gasteiger partial charge in [0.05, 0.1) is 11.3 Å². The summed E-state index contributed by atoms with van der Waals surface area (Å²) in [5.74, 6) is 0.561. The lowest BCUT2D eigenvalue weighted by Crippen LogP contribution is -2.55. The van der Waals surface area contributed by atoms with Crippen LogP contribution >= 0.6 is 0 Å². The summed E-state index contributed by atoms with van der Waals surface area (Å²) in [6.07, 6.45) is 6.29. The zero-order chi connectivity index (χ0) is 19.3. The van der Waals surface area contributed by atoms with Crippen molar-refractivity contribution < 1.29 is 18.0 Å². The molecule has 0 radical (unpaired) electrons. The molecule has 1 aliphatic carbocycles. The Hall–Kier alpha value is -1.65. The SMILES string of the molecule is CN=C(NCC1(O)CCCCC1)N1CCN(S(=O)(=O)Cc2ccon2)CC1. The van der Waals surface area contributed by atoms with E-state index < -0.39 is 15.6 Å². The van der Waals surface area contributed by atoms with Gasteiger partial charge in [0.2, 0.25) is 10.0 Å². The van der Waals surface area contributed by atoms with Gasteiger partial charge in [0.15, 0.2) is 5.96 Å². The Labute approximate surface area is 160 Å². The van der Waals surface area contributed by atoms with Gasteiger partial charge in [-0.2, -0.15) is 4.31 Å². The Kier molecular flexibility index (Phi) is 6.38. The first-order valence-electron chi connectivity index (χ1n) is 9.47. The van der Waals surface area contributed by atoms with E-state index in [9.17, 15) is 13.5 Å². The van der Waals surface area contributed by atoms with Crippen LogP contribution in [0, 0.1) is 0 Å². The molecule has 27 heavy (non-hydrogen) atoms. The van der Waals surface area contributed by atoms with Crippen molar-refractivity contribution >= 4 is 16.0 Å². The molecule has 0 amide bonds. The first-order chi connectivity index (χ1) is 12.9. The lowest BCUT2D eigenvalue weighted by molar-refractivity contribution is 0.00802. The molecule has 2 N–H and O–H groups in total. The van der Waals surface area contributed by atoms with E-state index >= 15 is 0 Å². The smallest absolute Gasteiger partial charge is 0.220 e. The molecule has 0 aromatic carbocycles. The Bertz CT molecular complexity index is 721. The summed E-state index contributed by atoms with van der Waals surface area (Å²) in [5, 5.41) is 17.6. The number of hydrogen-bond acceptors (Lipinski definition) is 6. The van der Waals surface area contributed by atoms with E-state index in [1.54, 1.807) is 13.1 Å². The van der Waals surface area contributed by atoms with Crippen molar-refractivity contribution in [3.63, 3.8) is 0 Å². The molecule has 0 atom stereocenters. The zero-order valence-electron chi connectivity index (χ0n) is 15.8. The van der Waals surface area contributed by atoms with Gasteiger partial charge in [0.25, 0.3) is 0 Å². The summed E-state index contributed by atoms with van der Waals surface area (Å²) in [6, 6.07) is 1.57. The van der Waals surface area contributed by atoms with Gasteiger partial charge in [-0.15, -0.1) is 0 Å². The molecular weight excluding hydrogens is 370 g/mol. The highest BCUT2D eigenvalue weighted by Crippen LogP contribution is 2.27. The molecule has 2 fully saturated rings. The Morgan fingerprint density at radius 1 is 1.30 bits per heavy atom. The fraction of sp³-hybridized carbons (Fsp3) is 0.765. The van der Waals surface area contributed by atoms with Gasteiger partial charge in [0, 0.05) is 45.8 Å². The standard InChI is InChI=1S/C17H29N5O4S/c1-18-16(19-14-17(23)6-3-2-4-7-17)21-8-10-22(11-9-21)27(24,25)13-15-5-12-26-20-15/h5,12,23H,2-4,6-11,13-14H2,1H3,(H,18,19). The zero-order valence-corrected chi connectivity index (χ0v) is 16.6. The second-order valence-electron chi connectivity index (χ2n) is 7.32. The fourth-order valence-corrected chi connectivity index (χ4v) is 5.16. The van der Waals surface area contributed by atoms with Crippen molar-refractivity contribution in [2.75, 3.05) is 39.8 Å². The maximum absolute atomic E-state index is 12.5. The van der Waals surface area contributed by atoms with E-state index in [0.717, 1.165) is 25.7 Å². The Balaban J connectivity index is 1.51. The molecular formula is C17H29N5O4S. The molecule has 1 saturated carbocycles. The molecule has 0 bridgehead atoms. The molecule has 3 rings (SSSR count). The van der Waals surface area contributed by atoms with Crippen LogP contribution in [0.3, 0.4) is 0 Å². The van der Waals surface area contributed by atoms with Gasteiger partial charge in [-0.1, -0.05) is 24.4 Å². The van der Waals surface area contributed by atoms with Crippen LogP contribution in [0.15, 0.2) is 21.8 Å². The molecule has 0 spiro atoms. The maximum atomic E-state index is 12.5. The van der Waals surface area contributed by atoms with Crippen molar-refractivity contribution in [2.24, 2.45) is 4.99 Å². The third kappa shape index (κ3) is 5.20. The number of guanidine groups is 1. The van der Waals surface area contributed by atoms with Crippen LogP contribution in [-0.2, 0) is 15.8 Å². The highest BCUT2D eigenvalue weighted by atomic mass is 32.2. The number of nitrogens with one attached hydrogen (secondary N) is 1. The summed E-state index contributed by atoms with van der Waals surface area (Å²) >= 11 is 0. The average molecular weight is 400 g/mol. The van der Waals surface area contributed by atoms with Crippen molar-refractivity contribution in [2.45, 2.75) is 43.5 Å². The van der Waals surface area contributed by atoms with Gasteiger partial charge in [-0.25, -0.2) is 8.42 Å². The van der Waals surface area contributed by atoms with Crippen LogP contribution in [0.2, 0.25) is 0 Å². The Morgan fingerprint density at radius 2 is 2.00 bits per heavy atom. The molecule has 1 aromatic rings. The monoisotopic (exact) mass is 399 g/mol. The summed E-state index contributed by atoms with van der Waals surface area (Å²) in [6.45, 7) is 2.37. The third-order valence-electron chi connectivity index (χ3n) is 5.32. The van der Waals surface area contributed by atoms with Gasteiger partial charge >= 0.3 is 0 Å². The molecule has 0 unspecified atom stereocenters. The molecule has 1 saturated heterocycles. The largest absolute Gasteiger partial charge is 0.388 e. The highest BCUT2D eigenvalue weighted by Gasteiger charge is 2.32. The number of aliphatic imine (C=N–C) groups is 1. The number of aromatic nitrogens is 1. The van der Waals surface area contributed by atoms with Crippen LogP contribution in [0.5, 0.6) is 0 Å². The number of sulfonamides is 1. The molecule has 9 nitrogen and oxygen atoms in total. The summed E-state index contributed by atoms with van der Waals surface area (Å²) in [5.41, 5.74) is -0.257. The van der Waals surface area contributed by atoms with Crippen LogP contribution in [0.25, 0.3) is 0 Å². The van der Waals surface area contributed by atoms with E-state index in [-0.39, 0.29) is 5.75 Å². The average Bonchev–Trinajstić information content (AvgIpc) is 3.15. The summed E-state index contributed by atoms with van der Waals surface area (Å²) in [4.78, 5) is 6.34. The van der Waals surface area contributed by atoms with E-state index in [1.165, 1.54) is 17.0 Å². The molecule has 152 valence electrons. The number of rotatable bonds is 5. The molecule has 1 aromatic heterocycles. The van der Waals surface area contributed by atoms with Crippen LogP contribution in [-0.4, -0.2) is 79.2 Å². The lowest BCUT2D eigenvalue weighted by atomic mass is 9.85. The predicted molar refractivity (Wildman–Crippen MR) is 102 cm³/mol. The van der Waals surface area contributed by atoms with Crippen molar-refractivity contribution in [3.05, 3.63) is 18.0 Å². The highest BCUT2D eigenvalue weighted by molar-refractivity contribution is 7.88. The summed E-state index contributed by atoms with van der Waals surface area (Å²) < 4.78 is 31.2. The minimum absolute atomic E-state index is 0.149. The van der Waals surface area contributed by atoms with Gasteiger partial charge in [0.1, 0.15) is 12.0 Å². The predicted octanol–water partition coefficient (Wildman–Crippen LogP) is 0.393. The van der Waals surface area contributed by atoms with E-state index in [1.807, 2.05) is 4.90 Å². The van der Waals surface area contributed by atoms with Gasteiger partial charge in [-0.05, 0) is 12.8 Å². The van der Waals surface area contributed by atoms with E-state index in [2.05, 4.69) is 15.5 Å². The van der Waals surface area contributed by atoms with E-state index in [4.69, 9.17) is 4.52 Å². The maximum Gasteiger partial charge on any atom is 0.220 e. The number of aliphatic hydroxyl groups is 1. The Morgan fingerprint density at radius 3 is 2.59 bits per heavy atom. The van der Waals surface area contributed by atoms with Crippen molar-refractivity contribution in [3.8, 4) is 0 Å². The first-order valence-corrected chi connectivity index (χ1v) is 11.1. The minimum atomic E-state index is -3.42. The van der Waals surface area contributed by atoms with Crippen molar-refractivity contribution in [1.82, 2.24) is 19.7 Å². The fourth-order valence-electron chi connectivity index (χ4n) is 3.73. The minimum Gasteiger partial charge on any atom is -0.388 e. The lowest BCUT2D eigenvalue weighted by Gasteiger charge is -2.38. The van der Waals surface area contributed by atoms with Gasteiger partial charge in [-0.3, -0.25) is 4.99 Å². The second-order valence-corrected chi connectivity index (χ2v) is 9.29. The molecule has 10 heteroatoms. The summed E-state index contributed by atoms with van der Waals surface area (Å²) in [7, 11) is -1.71. The molecule has 1 aliphatic heterocycles. The first kappa shape index (κ1) is 20.1. The molecule has 2 heterocycles.